The van der Waals surface area contributed by atoms with Crippen molar-refractivity contribution in [2.45, 2.75) is 32.2 Å². The highest BCUT2D eigenvalue weighted by atomic mass is 15.2. The van der Waals surface area contributed by atoms with Crippen LogP contribution >= 0.6 is 0 Å². The summed E-state index contributed by atoms with van der Waals surface area (Å²) < 4.78 is 0. The van der Waals surface area contributed by atoms with Crippen molar-refractivity contribution in [1.82, 2.24) is 9.97 Å². The molecule has 1 aromatic heterocycles. The molecule has 0 amide bonds. The van der Waals surface area contributed by atoms with Gasteiger partial charge in [0.2, 0.25) is 0 Å². The van der Waals surface area contributed by atoms with Gasteiger partial charge in [-0.2, -0.15) is 0 Å². The lowest BCUT2D eigenvalue weighted by Crippen LogP contribution is -2.43. The van der Waals surface area contributed by atoms with E-state index in [1.165, 1.54) is 0 Å². The highest BCUT2D eigenvalue weighted by Gasteiger charge is 2.17. The van der Waals surface area contributed by atoms with Gasteiger partial charge in [-0.05, 0) is 19.3 Å². The molecule has 0 aliphatic carbocycles. The molecule has 0 spiro atoms. The highest BCUT2D eigenvalue weighted by molar-refractivity contribution is 5.39. The van der Waals surface area contributed by atoms with Crippen LogP contribution in [0.4, 0.5) is 5.82 Å². The molecule has 0 radical (unpaired) electrons. The number of aromatic nitrogens is 2. The first-order valence-electron chi connectivity index (χ1n) is 5.61. The summed E-state index contributed by atoms with van der Waals surface area (Å²) in [4.78, 5) is 10.8. The minimum atomic E-state index is 0.291. The third-order valence-corrected chi connectivity index (χ3v) is 2.85. The molecule has 4 nitrogen and oxygen atoms in total. The highest BCUT2D eigenvalue weighted by Crippen LogP contribution is 2.17. The molecule has 2 N–H and O–H groups in total. The van der Waals surface area contributed by atoms with Gasteiger partial charge in [0, 0.05) is 30.9 Å². The summed E-state index contributed by atoms with van der Waals surface area (Å²) in [6.45, 7) is 4.09. The number of aryl methyl sites for hydroxylation is 1. The van der Waals surface area contributed by atoms with E-state index in [0.29, 0.717) is 6.04 Å². The molecule has 15 heavy (non-hydrogen) atoms. The van der Waals surface area contributed by atoms with Crippen molar-refractivity contribution in [3.63, 3.8) is 0 Å². The van der Waals surface area contributed by atoms with Crippen LogP contribution in [0.5, 0.6) is 0 Å². The van der Waals surface area contributed by atoms with E-state index in [1.807, 2.05) is 0 Å². The minimum Gasteiger partial charge on any atom is -0.355 e. The van der Waals surface area contributed by atoms with Crippen LogP contribution < -0.4 is 10.6 Å². The molecular weight excluding hydrogens is 188 g/mol. The molecule has 1 saturated heterocycles. The number of nitrogens with two attached hydrogens (primary N) is 1. The Morgan fingerprint density at radius 2 is 2.40 bits per heavy atom. The SMILES string of the molecule is CCc1cc(N2CCC[C@H](N)C2)ncn1. The predicted octanol–water partition coefficient (Wildman–Crippen LogP) is 0.966. The Balaban J connectivity index is 2.13. The fraction of sp³-hybridized carbons (Fsp3) is 0.636. The Bertz CT molecular complexity index is 326. The average Bonchev–Trinajstić information content (AvgIpc) is 2.29. The summed E-state index contributed by atoms with van der Waals surface area (Å²) in [6, 6.07) is 2.36. The average molecular weight is 206 g/mol. The van der Waals surface area contributed by atoms with Crippen LogP contribution in [-0.2, 0) is 6.42 Å². The van der Waals surface area contributed by atoms with E-state index in [-0.39, 0.29) is 0 Å². The first-order valence-corrected chi connectivity index (χ1v) is 5.61. The summed E-state index contributed by atoms with van der Waals surface area (Å²) >= 11 is 0. The molecule has 0 aromatic carbocycles. The molecule has 0 unspecified atom stereocenters. The predicted molar refractivity (Wildman–Crippen MR) is 60.8 cm³/mol. The van der Waals surface area contributed by atoms with Crippen molar-refractivity contribution in [3.05, 3.63) is 18.1 Å². The van der Waals surface area contributed by atoms with Crippen LogP contribution in [0.15, 0.2) is 12.4 Å². The number of nitrogens with zero attached hydrogens (tertiary/aromatic N) is 3. The van der Waals surface area contributed by atoms with Gasteiger partial charge in [0.15, 0.2) is 0 Å². The summed E-state index contributed by atoms with van der Waals surface area (Å²) in [5, 5.41) is 0. The quantitative estimate of drug-likeness (QED) is 0.783. The fourth-order valence-corrected chi connectivity index (χ4v) is 1.97. The van der Waals surface area contributed by atoms with Gasteiger partial charge in [-0.3, -0.25) is 0 Å². The van der Waals surface area contributed by atoms with Crippen LogP contribution in [-0.4, -0.2) is 29.1 Å². The Morgan fingerprint density at radius 3 is 3.13 bits per heavy atom. The Hall–Kier alpha value is -1.16. The molecule has 1 aromatic rings. The molecule has 0 saturated carbocycles. The zero-order valence-corrected chi connectivity index (χ0v) is 9.19. The van der Waals surface area contributed by atoms with Gasteiger partial charge in [-0.1, -0.05) is 6.92 Å². The van der Waals surface area contributed by atoms with E-state index in [0.717, 1.165) is 43.9 Å². The van der Waals surface area contributed by atoms with Gasteiger partial charge in [-0.15, -0.1) is 0 Å². The van der Waals surface area contributed by atoms with Gasteiger partial charge >= 0.3 is 0 Å². The monoisotopic (exact) mass is 206 g/mol. The van der Waals surface area contributed by atoms with Gasteiger partial charge in [0.1, 0.15) is 12.1 Å². The van der Waals surface area contributed by atoms with Crippen LogP contribution in [0.2, 0.25) is 0 Å². The topological polar surface area (TPSA) is 55.0 Å². The molecule has 1 fully saturated rings. The summed E-state index contributed by atoms with van der Waals surface area (Å²) in [5.74, 6) is 1.03. The van der Waals surface area contributed by atoms with E-state index < -0.39 is 0 Å². The van der Waals surface area contributed by atoms with Crippen molar-refractivity contribution >= 4 is 5.82 Å². The molecule has 2 heterocycles. The van der Waals surface area contributed by atoms with E-state index in [2.05, 4.69) is 27.9 Å². The van der Waals surface area contributed by atoms with Gasteiger partial charge in [-0.25, -0.2) is 9.97 Å². The molecule has 1 aliphatic rings. The fourth-order valence-electron chi connectivity index (χ4n) is 1.97. The third kappa shape index (κ3) is 2.45. The van der Waals surface area contributed by atoms with Crippen molar-refractivity contribution in [1.29, 1.82) is 0 Å². The van der Waals surface area contributed by atoms with E-state index in [4.69, 9.17) is 5.73 Å². The maximum Gasteiger partial charge on any atom is 0.132 e. The third-order valence-electron chi connectivity index (χ3n) is 2.85. The van der Waals surface area contributed by atoms with Crippen molar-refractivity contribution in [3.8, 4) is 0 Å². The smallest absolute Gasteiger partial charge is 0.132 e. The molecule has 1 aliphatic heterocycles. The first kappa shape index (κ1) is 10.4. The summed E-state index contributed by atoms with van der Waals surface area (Å²) in [7, 11) is 0. The number of anilines is 1. The second-order valence-electron chi connectivity index (χ2n) is 4.07. The lowest BCUT2D eigenvalue weighted by Gasteiger charge is -2.31. The maximum atomic E-state index is 5.95. The first-order chi connectivity index (χ1) is 7.29. The van der Waals surface area contributed by atoms with E-state index in [9.17, 15) is 0 Å². The Labute approximate surface area is 90.5 Å². The standard InChI is InChI=1S/C11H18N4/c1-2-10-6-11(14-8-13-10)15-5-3-4-9(12)7-15/h6,8-9H,2-5,7,12H2,1H3/t9-/m0/s1. The van der Waals surface area contributed by atoms with Gasteiger partial charge < -0.3 is 10.6 Å². The molecule has 1 atom stereocenters. The number of hydrogen-bond donors (Lipinski definition) is 1. The second-order valence-corrected chi connectivity index (χ2v) is 4.07. The normalized spacial score (nSPS) is 21.7. The number of piperidine rings is 1. The van der Waals surface area contributed by atoms with Crippen molar-refractivity contribution in [2.24, 2.45) is 5.73 Å². The second kappa shape index (κ2) is 4.57. The molecular formula is C11H18N4. The summed E-state index contributed by atoms with van der Waals surface area (Å²) in [5.41, 5.74) is 7.04. The lowest BCUT2D eigenvalue weighted by atomic mass is 10.1. The number of rotatable bonds is 2. The van der Waals surface area contributed by atoms with Crippen LogP contribution in [0, 0.1) is 0 Å². The zero-order valence-electron chi connectivity index (χ0n) is 9.19. The number of hydrogen-bond acceptors (Lipinski definition) is 4. The zero-order chi connectivity index (χ0) is 10.7. The molecule has 4 heteroatoms. The van der Waals surface area contributed by atoms with Crippen molar-refractivity contribution < 1.29 is 0 Å². The maximum absolute atomic E-state index is 5.95. The lowest BCUT2D eigenvalue weighted by molar-refractivity contribution is 0.503. The van der Waals surface area contributed by atoms with Crippen molar-refractivity contribution in [2.75, 3.05) is 18.0 Å². The molecule has 2 rings (SSSR count). The Kier molecular flexibility index (Phi) is 3.16. The van der Waals surface area contributed by atoms with Gasteiger partial charge in [0.05, 0.1) is 0 Å². The summed E-state index contributed by atoms with van der Waals surface area (Å²) in [6.07, 6.45) is 4.89. The van der Waals surface area contributed by atoms with E-state index in [1.54, 1.807) is 6.33 Å². The van der Waals surface area contributed by atoms with Crippen LogP contribution in [0.3, 0.4) is 0 Å². The van der Waals surface area contributed by atoms with Crippen LogP contribution in [0.1, 0.15) is 25.5 Å². The largest absolute Gasteiger partial charge is 0.355 e. The van der Waals surface area contributed by atoms with Crippen LogP contribution in [0.25, 0.3) is 0 Å². The molecule has 82 valence electrons. The Morgan fingerprint density at radius 1 is 1.53 bits per heavy atom. The molecule has 0 bridgehead atoms. The van der Waals surface area contributed by atoms with E-state index >= 15 is 0 Å². The minimum absolute atomic E-state index is 0.291. The van der Waals surface area contributed by atoms with Gasteiger partial charge in [0.25, 0.3) is 0 Å².